The van der Waals surface area contributed by atoms with Crippen LogP contribution < -0.4 is 15.0 Å². The number of hydrogen-bond donors (Lipinski definition) is 2. The van der Waals surface area contributed by atoms with Crippen LogP contribution in [0.5, 0.6) is 5.75 Å². The molecular weight excluding hydrogens is 492 g/mol. The van der Waals surface area contributed by atoms with Crippen molar-refractivity contribution in [2.24, 2.45) is 5.92 Å². The van der Waals surface area contributed by atoms with Crippen molar-refractivity contribution in [3.8, 4) is 5.75 Å². The normalized spacial score (nSPS) is 26.5. The molecule has 2 amide bonds. The van der Waals surface area contributed by atoms with Gasteiger partial charge in [-0.15, -0.1) is 0 Å². The van der Waals surface area contributed by atoms with Crippen molar-refractivity contribution in [1.29, 1.82) is 0 Å². The van der Waals surface area contributed by atoms with Crippen LogP contribution in [0.4, 0.5) is 11.5 Å². The highest BCUT2D eigenvalue weighted by atomic mass is 35.5. The van der Waals surface area contributed by atoms with Gasteiger partial charge in [-0.3, -0.25) is 19.4 Å². The molecular formula is C28H33ClN4O4. The molecule has 0 bridgehead atoms. The highest BCUT2D eigenvalue weighted by Crippen LogP contribution is 2.46. The number of aryl methyl sites for hydroxylation is 1. The van der Waals surface area contributed by atoms with E-state index in [1.165, 1.54) is 0 Å². The Labute approximate surface area is 221 Å². The molecule has 6 rings (SSSR count). The summed E-state index contributed by atoms with van der Waals surface area (Å²) in [5.74, 6) is 1.94. The van der Waals surface area contributed by atoms with Crippen LogP contribution in [0.1, 0.15) is 50.2 Å². The second kappa shape index (κ2) is 9.26. The van der Waals surface area contributed by atoms with E-state index in [0.717, 1.165) is 67.9 Å². The number of ether oxygens (including phenoxy) is 1. The SMILES string of the molecule is CC1(O)CC(CN2C(=O)CCc3cc(OCCN4CCC5(CC4)C(=O)Nc4ccc(Cl)cc45)cnc32)C1. The molecule has 4 heterocycles. The van der Waals surface area contributed by atoms with Gasteiger partial charge in [0.25, 0.3) is 0 Å². The van der Waals surface area contributed by atoms with E-state index in [1.54, 1.807) is 11.1 Å². The highest BCUT2D eigenvalue weighted by Gasteiger charge is 2.48. The number of nitrogens with one attached hydrogen (secondary N) is 1. The van der Waals surface area contributed by atoms with E-state index >= 15 is 0 Å². The maximum absolute atomic E-state index is 12.9. The Morgan fingerprint density at radius 3 is 2.73 bits per heavy atom. The Balaban J connectivity index is 1.03. The lowest BCUT2D eigenvalue weighted by Gasteiger charge is -2.43. The fourth-order valence-corrected chi connectivity index (χ4v) is 6.75. The first-order valence-electron chi connectivity index (χ1n) is 13.2. The third-order valence-electron chi connectivity index (χ3n) is 8.55. The predicted molar refractivity (Wildman–Crippen MR) is 141 cm³/mol. The molecule has 1 aliphatic carbocycles. The van der Waals surface area contributed by atoms with E-state index < -0.39 is 11.0 Å². The van der Waals surface area contributed by atoms with Crippen LogP contribution in [-0.4, -0.2) is 65.2 Å². The molecule has 37 heavy (non-hydrogen) atoms. The van der Waals surface area contributed by atoms with Crippen molar-refractivity contribution in [3.63, 3.8) is 0 Å². The molecule has 1 saturated carbocycles. The molecule has 1 aromatic heterocycles. The number of amides is 2. The highest BCUT2D eigenvalue weighted by molar-refractivity contribution is 6.31. The van der Waals surface area contributed by atoms with Crippen molar-refractivity contribution in [2.45, 2.75) is 56.5 Å². The summed E-state index contributed by atoms with van der Waals surface area (Å²) in [5, 5.41) is 13.7. The number of halogens is 1. The number of aliphatic hydroxyl groups is 1. The number of pyridine rings is 1. The molecule has 1 spiro atoms. The van der Waals surface area contributed by atoms with Gasteiger partial charge in [-0.25, -0.2) is 4.98 Å². The zero-order chi connectivity index (χ0) is 25.8. The Kier molecular flexibility index (Phi) is 6.17. The Morgan fingerprint density at radius 2 is 1.97 bits per heavy atom. The second-order valence-corrected chi connectivity index (χ2v) is 11.8. The van der Waals surface area contributed by atoms with Crippen LogP contribution in [-0.2, 0) is 21.4 Å². The molecule has 2 aromatic rings. The van der Waals surface area contributed by atoms with E-state index in [-0.39, 0.29) is 11.8 Å². The van der Waals surface area contributed by atoms with Gasteiger partial charge in [0.2, 0.25) is 11.8 Å². The second-order valence-electron chi connectivity index (χ2n) is 11.3. The first kappa shape index (κ1) is 24.6. The predicted octanol–water partition coefficient (Wildman–Crippen LogP) is 3.54. The zero-order valence-electron chi connectivity index (χ0n) is 21.1. The van der Waals surface area contributed by atoms with Gasteiger partial charge < -0.3 is 15.2 Å². The lowest BCUT2D eigenvalue weighted by Crippen LogP contribution is -2.48. The molecule has 9 heteroatoms. The average molecular weight is 525 g/mol. The number of benzene rings is 1. The topological polar surface area (TPSA) is 95.0 Å². The maximum atomic E-state index is 12.9. The number of likely N-dealkylation sites (tertiary alicyclic amines) is 1. The number of piperidine rings is 1. The van der Waals surface area contributed by atoms with Gasteiger partial charge in [0.05, 0.1) is 17.2 Å². The molecule has 2 N–H and O–H groups in total. The van der Waals surface area contributed by atoms with Crippen LogP contribution >= 0.6 is 11.6 Å². The smallest absolute Gasteiger partial charge is 0.235 e. The lowest BCUT2D eigenvalue weighted by molar-refractivity contribution is -0.122. The number of hydrogen-bond acceptors (Lipinski definition) is 6. The van der Waals surface area contributed by atoms with Gasteiger partial charge in [0.1, 0.15) is 18.2 Å². The summed E-state index contributed by atoms with van der Waals surface area (Å²) in [6.45, 7) is 5.39. The number of anilines is 2. The molecule has 2 fully saturated rings. The van der Waals surface area contributed by atoms with E-state index in [4.69, 9.17) is 16.3 Å². The van der Waals surface area contributed by atoms with Gasteiger partial charge in [0, 0.05) is 30.2 Å². The Hall–Kier alpha value is -2.68. The van der Waals surface area contributed by atoms with Gasteiger partial charge in [-0.1, -0.05) is 11.6 Å². The minimum absolute atomic E-state index is 0.0796. The molecule has 196 valence electrons. The first-order valence-corrected chi connectivity index (χ1v) is 13.6. The fourth-order valence-electron chi connectivity index (χ4n) is 6.57. The zero-order valence-corrected chi connectivity index (χ0v) is 21.9. The van der Waals surface area contributed by atoms with Crippen LogP contribution in [0.3, 0.4) is 0 Å². The minimum Gasteiger partial charge on any atom is -0.491 e. The van der Waals surface area contributed by atoms with Gasteiger partial charge >= 0.3 is 0 Å². The molecule has 0 atom stereocenters. The molecule has 0 unspecified atom stereocenters. The van der Waals surface area contributed by atoms with Crippen molar-refractivity contribution in [2.75, 3.05) is 43.0 Å². The van der Waals surface area contributed by atoms with Gasteiger partial charge in [0.15, 0.2) is 0 Å². The van der Waals surface area contributed by atoms with E-state index in [2.05, 4.69) is 15.2 Å². The van der Waals surface area contributed by atoms with E-state index in [1.807, 2.05) is 31.2 Å². The van der Waals surface area contributed by atoms with Gasteiger partial charge in [-0.2, -0.15) is 0 Å². The molecule has 8 nitrogen and oxygen atoms in total. The van der Waals surface area contributed by atoms with Gasteiger partial charge in [-0.05, 0) is 93.4 Å². The summed E-state index contributed by atoms with van der Waals surface area (Å²) in [6.07, 6.45) is 5.79. The lowest BCUT2D eigenvalue weighted by atomic mass is 9.72. The standard InChI is InChI=1S/C28H33ClN4O4/c1-27(36)14-18(15-27)17-33-24(34)5-2-19-12-21(16-30-25(19)33)37-11-10-32-8-6-28(7-9-32)22-13-20(29)3-4-23(22)31-26(28)35/h3-4,12-13,16,18,36H,2,5-11,14-15,17H2,1H3,(H,31,35). The van der Waals surface area contributed by atoms with Crippen molar-refractivity contribution < 1.29 is 19.4 Å². The summed E-state index contributed by atoms with van der Waals surface area (Å²) in [4.78, 5) is 34.2. The van der Waals surface area contributed by atoms with E-state index in [0.29, 0.717) is 42.7 Å². The van der Waals surface area contributed by atoms with Crippen molar-refractivity contribution in [3.05, 3.63) is 46.6 Å². The number of fused-ring (bicyclic) bond motifs is 3. The summed E-state index contributed by atoms with van der Waals surface area (Å²) < 4.78 is 6.05. The summed E-state index contributed by atoms with van der Waals surface area (Å²) in [6, 6.07) is 7.65. The number of rotatable bonds is 6. The molecule has 4 aliphatic rings. The van der Waals surface area contributed by atoms with Crippen molar-refractivity contribution >= 4 is 34.9 Å². The summed E-state index contributed by atoms with van der Waals surface area (Å²) >= 11 is 6.23. The van der Waals surface area contributed by atoms with E-state index in [9.17, 15) is 14.7 Å². The number of nitrogens with zero attached hydrogens (tertiary/aromatic N) is 3. The summed E-state index contributed by atoms with van der Waals surface area (Å²) in [7, 11) is 0. The van der Waals surface area contributed by atoms with Crippen LogP contribution in [0.25, 0.3) is 0 Å². The van der Waals surface area contributed by atoms with Crippen LogP contribution in [0, 0.1) is 5.92 Å². The fraction of sp³-hybridized carbons (Fsp3) is 0.536. The Morgan fingerprint density at radius 1 is 1.19 bits per heavy atom. The minimum atomic E-state index is -0.603. The molecule has 1 saturated heterocycles. The number of carbonyl (C=O) groups excluding carboxylic acids is 2. The van der Waals surface area contributed by atoms with Crippen LogP contribution in [0.2, 0.25) is 5.02 Å². The third-order valence-corrected chi connectivity index (χ3v) is 8.78. The molecule has 3 aliphatic heterocycles. The summed E-state index contributed by atoms with van der Waals surface area (Å²) in [5.41, 5.74) is 1.85. The largest absolute Gasteiger partial charge is 0.491 e. The molecule has 1 aromatic carbocycles. The quantitative estimate of drug-likeness (QED) is 0.600. The number of aromatic nitrogens is 1. The Bertz CT molecular complexity index is 1230. The maximum Gasteiger partial charge on any atom is 0.235 e. The molecule has 0 radical (unpaired) electrons. The monoisotopic (exact) mass is 524 g/mol. The van der Waals surface area contributed by atoms with Crippen molar-refractivity contribution in [1.82, 2.24) is 9.88 Å². The third kappa shape index (κ3) is 4.60. The van der Waals surface area contributed by atoms with Crippen LogP contribution in [0.15, 0.2) is 30.5 Å². The first-order chi connectivity index (χ1) is 17.7. The number of carbonyl (C=O) groups is 2. The average Bonchev–Trinajstić information content (AvgIpc) is 3.11.